The van der Waals surface area contributed by atoms with E-state index in [1.54, 1.807) is 0 Å². The van der Waals surface area contributed by atoms with Gasteiger partial charge in [-0.05, 0) is 33.6 Å². The van der Waals surface area contributed by atoms with Gasteiger partial charge in [0.1, 0.15) is 0 Å². The van der Waals surface area contributed by atoms with Crippen molar-refractivity contribution in [2.24, 2.45) is 0 Å². The summed E-state index contributed by atoms with van der Waals surface area (Å²) in [5.41, 5.74) is 0. The van der Waals surface area contributed by atoms with Crippen LogP contribution < -0.4 is 0 Å². The van der Waals surface area contributed by atoms with E-state index >= 15 is 0 Å². The number of hydrogen-bond donors (Lipinski definition) is 2. The standard InChI is InChI=1S/C9H22N2S2/c1-10(6-8-12)4-3-5-11(2)7-9-13/h12-13H,3-9H2,1-2H3. The Labute approximate surface area is 93.5 Å². The van der Waals surface area contributed by atoms with Crippen LogP contribution in [0.25, 0.3) is 0 Å². The maximum absolute atomic E-state index is 4.19. The third-order valence-corrected chi connectivity index (χ3v) is 2.44. The van der Waals surface area contributed by atoms with Crippen molar-refractivity contribution in [3.8, 4) is 0 Å². The third-order valence-electron chi connectivity index (χ3n) is 2.04. The third kappa shape index (κ3) is 8.94. The molecular formula is C9H22N2S2. The van der Waals surface area contributed by atoms with Crippen LogP contribution in [0.4, 0.5) is 0 Å². The van der Waals surface area contributed by atoms with Gasteiger partial charge in [-0.25, -0.2) is 0 Å². The second kappa shape index (κ2) is 9.19. The van der Waals surface area contributed by atoms with Crippen molar-refractivity contribution in [1.82, 2.24) is 9.80 Å². The van der Waals surface area contributed by atoms with E-state index < -0.39 is 0 Å². The summed E-state index contributed by atoms with van der Waals surface area (Å²) >= 11 is 8.39. The van der Waals surface area contributed by atoms with Crippen LogP contribution >= 0.6 is 25.3 Å². The molecule has 0 aliphatic heterocycles. The Hall–Kier alpha value is 0.620. The molecule has 0 unspecified atom stereocenters. The Bertz CT molecular complexity index is 99.8. The predicted molar refractivity (Wildman–Crippen MR) is 67.3 cm³/mol. The normalized spacial score (nSPS) is 11.5. The number of hydrogen-bond acceptors (Lipinski definition) is 4. The highest BCUT2D eigenvalue weighted by atomic mass is 32.1. The van der Waals surface area contributed by atoms with Crippen LogP contribution in [-0.4, -0.2) is 61.6 Å². The molecule has 0 atom stereocenters. The number of thiol groups is 2. The zero-order chi connectivity index (χ0) is 10.1. The van der Waals surface area contributed by atoms with Gasteiger partial charge in [0.15, 0.2) is 0 Å². The molecular weight excluding hydrogens is 200 g/mol. The van der Waals surface area contributed by atoms with Crippen LogP contribution in [0.3, 0.4) is 0 Å². The molecule has 0 fully saturated rings. The van der Waals surface area contributed by atoms with E-state index in [-0.39, 0.29) is 0 Å². The summed E-state index contributed by atoms with van der Waals surface area (Å²) in [6.07, 6.45) is 1.23. The van der Waals surface area contributed by atoms with E-state index in [1.807, 2.05) is 0 Å². The minimum Gasteiger partial charge on any atom is -0.306 e. The summed E-state index contributed by atoms with van der Waals surface area (Å²) in [6.45, 7) is 4.49. The highest BCUT2D eigenvalue weighted by Gasteiger charge is 1.99. The van der Waals surface area contributed by atoms with E-state index in [4.69, 9.17) is 0 Å². The molecule has 0 bridgehead atoms. The fourth-order valence-electron chi connectivity index (χ4n) is 1.18. The summed E-state index contributed by atoms with van der Waals surface area (Å²) in [7, 11) is 4.30. The first-order valence-corrected chi connectivity index (χ1v) is 6.06. The molecule has 0 spiro atoms. The van der Waals surface area contributed by atoms with Crippen molar-refractivity contribution in [3.63, 3.8) is 0 Å². The zero-order valence-corrected chi connectivity index (χ0v) is 10.5. The molecule has 0 aromatic rings. The number of rotatable bonds is 8. The van der Waals surface area contributed by atoms with Crippen LogP contribution in [0, 0.1) is 0 Å². The van der Waals surface area contributed by atoms with Gasteiger partial charge in [-0.2, -0.15) is 25.3 Å². The predicted octanol–water partition coefficient (Wildman–Crippen LogP) is 1.10. The minimum atomic E-state index is 0.947. The zero-order valence-electron chi connectivity index (χ0n) is 8.74. The van der Waals surface area contributed by atoms with Gasteiger partial charge in [0.2, 0.25) is 0 Å². The second-order valence-corrected chi connectivity index (χ2v) is 4.30. The first kappa shape index (κ1) is 13.6. The molecule has 0 aromatic carbocycles. The van der Waals surface area contributed by atoms with Gasteiger partial charge in [0.25, 0.3) is 0 Å². The van der Waals surface area contributed by atoms with Crippen molar-refractivity contribution >= 4 is 25.3 Å². The molecule has 0 aliphatic carbocycles. The van der Waals surface area contributed by atoms with Crippen LogP contribution in [0.15, 0.2) is 0 Å². The van der Waals surface area contributed by atoms with Crippen LogP contribution in [0.1, 0.15) is 6.42 Å². The average molecular weight is 222 g/mol. The van der Waals surface area contributed by atoms with Gasteiger partial charge in [0, 0.05) is 24.6 Å². The molecule has 4 heteroatoms. The highest BCUT2D eigenvalue weighted by Crippen LogP contribution is 1.92. The molecule has 0 rings (SSSR count). The van der Waals surface area contributed by atoms with E-state index in [2.05, 4.69) is 49.2 Å². The molecule has 2 nitrogen and oxygen atoms in total. The molecule has 0 saturated carbocycles. The molecule has 0 N–H and O–H groups in total. The van der Waals surface area contributed by atoms with E-state index in [0.29, 0.717) is 0 Å². The minimum absolute atomic E-state index is 0.947. The largest absolute Gasteiger partial charge is 0.306 e. The van der Waals surface area contributed by atoms with Gasteiger partial charge in [-0.1, -0.05) is 0 Å². The molecule has 13 heavy (non-hydrogen) atoms. The SMILES string of the molecule is CN(CCS)CCCN(C)CCS. The second-order valence-electron chi connectivity index (χ2n) is 3.41. The molecule has 0 aromatic heterocycles. The number of nitrogens with zero attached hydrogens (tertiary/aromatic N) is 2. The van der Waals surface area contributed by atoms with Gasteiger partial charge in [0.05, 0.1) is 0 Å². The maximum atomic E-state index is 4.19. The van der Waals surface area contributed by atoms with Crippen LogP contribution in [0.2, 0.25) is 0 Å². The van der Waals surface area contributed by atoms with Crippen molar-refractivity contribution in [1.29, 1.82) is 0 Å². The van der Waals surface area contributed by atoms with Gasteiger partial charge >= 0.3 is 0 Å². The summed E-state index contributed by atoms with van der Waals surface area (Å²) in [5, 5.41) is 0. The van der Waals surface area contributed by atoms with E-state index in [1.165, 1.54) is 6.42 Å². The van der Waals surface area contributed by atoms with E-state index in [9.17, 15) is 0 Å². The lowest BCUT2D eigenvalue weighted by molar-refractivity contribution is 0.296. The van der Waals surface area contributed by atoms with Gasteiger partial charge in [-0.3, -0.25) is 0 Å². The lowest BCUT2D eigenvalue weighted by atomic mass is 10.3. The Balaban J connectivity index is 3.23. The smallest absolute Gasteiger partial charge is 0.00668 e. The fraction of sp³-hybridized carbons (Fsp3) is 1.00. The Morgan fingerprint density at radius 3 is 1.46 bits per heavy atom. The molecule has 0 radical (unpaired) electrons. The highest BCUT2D eigenvalue weighted by molar-refractivity contribution is 7.80. The van der Waals surface area contributed by atoms with Crippen molar-refractivity contribution in [2.45, 2.75) is 6.42 Å². The quantitative estimate of drug-likeness (QED) is 0.594. The van der Waals surface area contributed by atoms with Crippen LogP contribution in [-0.2, 0) is 0 Å². The average Bonchev–Trinajstić information content (AvgIpc) is 2.05. The van der Waals surface area contributed by atoms with E-state index in [0.717, 1.165) is 37.7 Å². The summed E-state index contributed by atoms with van der Waals surface area (Å²) < 4.78 is 0. The molecule has 0 saturated heterocycles. The lowest BCUT2D eigenvalue weighted by Gasteiger charge is -2.18. The molecule has 80 valence electrons. The first-order chi connectivity index (χ1) is 6.20. The molecule has 0 aliphatic rings. The van der Waals surface area contributed by atoms with Gasteiger partial charge in [-0.15, -0.1) is 0 Å². The van der Waals surface area contributed by atoms with Crippen molar-refractivity contribution in [3.05, 3.63) is 0 Å². The Morgan fingerprint density at radius 2 is 1.15 bits per heavy atom. The molecule has 0 amide bonds. The van der Waals surface area contributed by atoms with Crippen LogP contribution in [0.5, 0.6) is 0 Å². The maximum Gasteiger partial charge on any atom is 0.00668 e. The van der Waals surface area contributed by atoms with Crippen molar-refractivity contribution < 1.29 is 0 Å². The first-order valence-electron chi connectivity index (χ1n) is 4.79. The summed E-state index contributed by atoms with van der Waals surface area (Å²) in [6, 6.07) is 0. The lowest BCUT2D eigenvalue weighted by Crippen LogP contribution is -2.27. The Kier molecular flexibility index (Phi) is 9.62. The Morgan fingerprint density at radius 1 is 0.769 bits per heavy atom. The monoisotopic (exact) mass is 222 g/mol. The molecule has 0 heterocycles. The summed E-state index contributed by atoms with van der Waals surface area (Å²) in [4.78, 5) is 4.64. The topological polar surface area (TPSA) is 6.48 Å². The summed E-state index contributed by atoms with van der Waals surface area (Å²) in [5.74, 6) is 1.89. The van der Waals surface area contributed by atoms with Gasteiger partial charge < -0.3 is 9.80 Å². The fourth-order valence-corrected chi connectivity index (χ4v) is 1.86. The van der Waals surface area contributed by atoms with Crippen molar-refractivity contribution in [2.75, 3.05) is 51.8 Å².